The lowest BCUT2D eigenvalue weighted by Gasteiger charge is -2.15. The fourth-order valence-corrected chi connectivity index (χ4v) is 10.8. The van der Waals surface area contributed by atoms with Gasteiger partial charge >= 0.3 is 0 Å². The van der Waals surface area contributed by atoms with E-state index in [1.165, 1.54) is 75.9 Å². The molecule has 0 N–H and O–H groups in total. The van der Waals surface area contributed by atoms with Gasteiger partial charge in [0.25, 0.3) is 0 Å². The number of thiophene rings is 1. The number of aromatic nitrogens is 3. The summed E-state index contributed by atoms with van der Waals surface area (Å²) in [5.41, 5.74) is 16.5. The van der Waals surface area contributed by atoms with Crippen LogP contribution in [0.3, 0.4) is 0 Å². The molecule has 0 radical (unpaired) electrons. The monoisotopic (exact) mass is 767 g/mol. The first-order valence-electron chi connectivity index (χ1n) is 20.2. The number of fused-ring (bicyclic) bond motifs is 15. The van der Waals surface area contributed by atoms with Crippen LogP contribution in [0, 0.1) is 0 Å². The number of hydrogen-bond acceptors (Lipinski definition) is 3. The minimum Gasteiger partial charge on any atom is -0.309 e. The van der Waals surface area contributed by atoms with E-state index in [0.29, 0.717) is 0 Å². The molecule has 3 aromatic heterocycles. The highest BCUT2D eigenvalue weighted by molar-refractivity contribution is 7.25. The smallest absolute Gasteiger partial charge is 0.143 e. The third-order valence-electron chi connectivity index (χ3n) is 12.4. The minimum atomic E-state index is 0.902. The summed E-state index contributed by atoms with van der Waals surface area (Å²) >= 11 is 1.70. The number of benzene rings is 9. The second kappa shape index (κ2) is 12.5. The summed E-state index contributed by atoms with van der Waals surface area (Å²) in [5, 5.41) is 9.02. The van der Waals surface area contributed by atoms with E-state index in [9.17, 15) is 0 Å². The zero-order valence-corrected chi connectivity index (χ0v) is 32.7. The molecule has 0 saturated heterocycles. The summed E-state index contributed by atoms with van der Waals surface area (Å²) in [4.78, 5) is 11.5. The van der Waals surface area contributed by atoms with E-state index < -0.39 is 0 Å². The van der Waals surface area contributed by atoms with Crippen molar-refractivity contribution in [2.24, 2.45) is 0 Å². The zero-order chi connectivity index (χ0) is 38.6. The summed E-state index contributed by atoms with van der Waals surface area (Å²) < 4.78 is 3.72. The van der Waals surface area contributed by atoms with E-state index in [1.807, 2.05) is 6.07 Å². The molecule has 0 unspecified atom stereocenters. The fraction of sp³-hybridized carbons (Fsp3) is 0.0182. The average molecular weight is 768 g/mol. The van der Waals surface area contributed by atoms with Gasteiger partial charge < -0.3 is 4.57 Å². The van der Waals surface area contributed by atoms with Crippen LogP contribution in [-0.2, 0) is 6.42 Å². The fourth-order valence-electron chi connectivity index (χ4n) is 9.82. The molecule has 13 rings (SSSR count). The number of rotatable bonds is 4. The summed E-state index contributed by atoms with van der Waals surface area (Å²) in [6.07, 6.45) is 0.907. The minimum absolute atomic E-state index is 0.902. The third kappa shape index (κ3) is 4.81. The number of nitrogens with zero attached hydrogens (tertiary/aromatic N) is 3. The van der Waals surface area contributed by atoms with Crippen LogP contribution < -0.4 is 0 Å². The van der Waals surface area contributed by atoms with Crippen LogP contribution in [0.5, 0.6) is 0 Å². The highest BCUT2D eigenvalue weighted by Crippen LogP contribution is 2.51. The lowest BCUT2D eigenvalue weighted by molar-refractivity contribution is 1.15. The first kappa shape index (κ1) is 32.7. The van der Waals surface area contributed by atoms with Crippen LogP contribution in [0.25, 0.3) is 114 Å². The van der Waals surface area contributed by atoms with E-state index in [4.69, 9.17) is 9.97 Å². The normalized spacial score (nSPS) is 12.3. The maximum atomic E-state index is 5.28. The molecule has 0 atom stereocenters. The van der Waals surface area contributed by atoms with Gasteiger partial charge in [-0.05, 0) is 79.2 Å². The molecule has 9 aromatic carbocycles. The van der Waals surface area contributed by atoms with E-state index in [2.05, 4.69) is 187 Å². The SMILES string of the molecule is c1ccc(-c2nc3c(nc2-c2ccc(-c4ccc(-n5c6ccccc6c6c7ccccc7c7c(c65)Cc5ccc6ccccc6c5-7)cc4)cc2)sc2ccccc23)cc1. The van der Waals surface area contributed by atoms with Gasteiger partial charge in [-0.25, -0.2) is 9.97 Å². The van der Waals surface area contributed by atoms with Crippen molar-refractivity contribution in [3.63, 3.8) is 0 Å². The summed E-state index contributed by atoms with van der Waals surface area (Å²) in [6, 6.07) is 68.3. The predicted octanol–water partition coefficient (Wildman–Crippen LogP) is 14.8. The number of para-hydroxylation sites is 1. The Bertz CT molecular complexity index is 3670. The molecular weight excluding hydrogens is 735 g/mol. The van der Waals surface area contributed by atoms with Crippen molar-refractivity contribution < 1.29 is 0 Å². The van der Waals surface area contributed by atoms with Crippen LogP contribution in [-0.4, -0.2) is 14.5 Å². The quantitative estimate of drug-likeness (QED) is 0.179. The van der Waals surface area contributed by atoms with Gasteiger partial charge in [0.1, 0.15) is 10.3 Å². The Hall–Kier alpha value is -7.40. The predicted molar refractivity (Wildman–Crippen MR) is 249 cm³/mol. The molecule has 1 aliphatic carbocycles. The largest absolute Gasteiger partial charge is 0.309 e. The molecule has 0 aliphatic heterocycles. The molecule has 0 fully saturated rings. The van der Waals surface area contributed by atoms with Crippen LogP contribution >= 0.6 is 11.3 Å². The van der Waals surface area contributed by atoms with E-state index >= 15 is 0 Å². The van der Waals surface area contributed by atoms with Gasteiger partial charge in [0.05, 0.1) is 22.4 Å². The molecule has 3 nitrogen and oxygen atoms in total. The Kier molecular flexibility index (Phi) is 6.95. The van der Waals surface area contributed by atoms with Crippen LogP contribution in [0.2, 0.25) is 0 Å². The van der Waals surface area contributed by atoms with Gasteiger partial charge in [-0.15, -0.1) is 11.3 Å². The third-order valence-corrected chi connectivity index (χ3v) is 13.5. The van der Waals surface area contributed by atoms with Crippen molar-refractivity contribution in [1.29, 1.82) is 0 Å². The maximum Gasteiger partial charge on any atom is 0.143 e. The van der Waals surface area contributed by atoms with Crippen molar-refractivity contribution in [2.75, 3.05) is 0 Å². The Balaban J connectivity index is 0.946. The van der Waals surface area contributed by atoms with Crippen LogP contribution in [0.1, 0.15) is 11.1 Å². The van der Waals surface area contributed by atoms with Gasteiger partial charge in [0, 0.05) is 44.1 Å². The first-order valence-corrected chi connectivity index (χ1v) is 21.0. The first-order chi connectivity index (χ1) is 29.3. The van der Waals surface area contributed by atoms with Crippen molar-refractivity contribution in [1.82, 2.24) is 14.5 Å². The molecule has 4 heteroatoms. The van der Waals surface area contributed by atoms with Gasteiger partial charge in [0.2, 0.25) is 0 Å². The summed E-state index contributed by atoms with van der Waals surface area (Å²) in [5.74, 6) is 0. The van der Waals surface area contributed by atoms with Gasteiger partial charge in [-0.3, -0.25) is 0 Å². The molecule has 3 heterocycles. The molecule has 0 amide bonds. The molecule has 12 aromatic rings. The molecule has 0 spiro atoms. The van der Waals surface area contributed by atoms with Crippen LogP contribution in [0.4, 0.5) is 0 Å². The zero-order valence-electron chi connectivity index (χ0n) is 31.9. The van der Waals surface area contributed by atoms with Crippen LogP contribution in [0.15, 0.2) is 188 Å². The topological polar surface area (TPSA) is 30.7 Å². The Labute approximate surface area is 344 Å². The second-order valence-electron chi connectivity index (χ2n) is 15.6. The Morgan fingerprint density at radius 2 is 1.05 bits per heavy atom. The highest BCUT2D eigenvalue weighted by atomic mass is 32.1. The van der Waals surface area contributed by atoms with Crippen molar-refractivity contribution >= 4 is 75.1 Å². The van der Waals surface area contributed by atoms with Crippen molar-refractivity contribution in [3.8, 4) is 50.5 Å². The second-order valence-corrected chi connectivity index (χ2v) is 16.7. The highest BCUT2D eigenvalue weighted by Gasteiger charge is 2.29. The Morgan fingerprint density at radius 3 is 1.86 bits per heavy atom. The molecule has 1 aliphatic rings. The average Bonchev–Trinajstić information content (AvgIpc) is 3.99. The van der Waals surface area contributed by atoms with E-state index in [0.717, 1.165) is 55.9 Å². The Morgan fingerprint density at radius 1 is 0.441 bits per heavy atom. The standard InChI is InChI=1S/C55H33N3S/c1-2-13-36(14-3-1)51-52(57-55-53(56-51)44-19-9-11-21-47(44)59-55)37-25-22-33(23-26-37)34-28-30-39(31-29-34)58-46-20-10-8-18-43(46)50-42-17-7-6-16-41(42)49-45(54(50)58)32-38-27-24-35-12-4-5-15-40(35)48(38)49/h1-31H,32H2. The van der Waals surface area contributed by atoms with Crippen molar-refractivity contribution in [2.45, 2.75) is 6.42 Å². The summed E-state index contributed by atoms with van der Waals surface area (Å²) in [6.45, 7) is 0. The maximum absolute atomic E-state index is 5.28. The van der Waals surface area contributed by atoms with Crippen molar-refractivity contribution in [3.05, 3.63) is 199 Å². The van der Waals surface area contributed by atoms with Gasteiger partial charge in [0.15, 0.2) is 0 Å². The molecule has 59 heavy (non-hydrogen) atoms. The number of hydrogen-bond donors (Lipinski definition) is 0. The lowest BCUT2D eigenvalue weighted by Crippen LogP contribution is -1.97. The van der Waals surface area contributed by atoms with Gasteiger partial charge in [-0.2, -0.15) is 0 Å². The molecular formula is C55H33N3S. The van der Waals surface area contributed by atoms with Gasteiger partial charge in [-0.1, -0.05) is 164 Å². The van der Waals surface area contributed by atoms with E-state index in [-0.39, 0.29) is 0 Å². The molecule has 0 bridgehead atoms. The lowest BCUT2D eigenvalue weighted by atomic mass is 9.91. The summed E-state index contributed by atoms with van der Waals surface area (Å²) in [7, 11) is 0. The molecule has 0 saturated carbocycles. The van der Waals surface area contributed by atoms with E-state index in [1.54, 1.807) is 11.3 Å². The molecule has 274 valence electrons.